The zero-order valence-corrected chi connectivity index (χ0v) is 14.4. The van der Waals surface area contributed by atoms with Crippen LogP contribution >= 0.6 is 0 Å². The number of nitrogens with zero attached hydrogens (tertiary/aromatic N) is 3. The number of hydrogen-bond donors (Lipinski definition) is 1. The van der Waals surface area contributed by atoms with Gasteiger partial charge in [-0.3, -0.25) is 9.69 Å². The number of amides is 1. The van der Waals surface area contributed by atoms with Crippen molar-refractivity contribution in [3.05, 3.63) is 17.7 Å². The Hall–Kier alpha value is -1.40. The largest absolute Gasteiger partial charge is 0.381 e. The number of fused-ring (bicyclic) bond motifs is 1. The molecular weight excluding hydrogens is 292 g/mol. The molecule has 1 fully saturated rings. The monoisotopic (exact) mass is 320 g/mol. The lowest BCUT2D eigenvalue weighted by Crippen LogP contribution is -2.45. The molecule has 128 valence electrons. The first-order valence-corrected chi connectivity index (χ1v) is 8.65. The van der Waals surface area contributed by atoms with Gasteiger partial charge in [-0.25, -0.2) is 4.98 Å². The lowest BCUT2D eigenvalue weighted by molar-refractivity contribution is -0.124. The van der Waals surface area contributed by atoms with E-state index in [2.05, 4.69) is 15.2 Å². The van der Waals surface area contributed by atoms with Crippen LogP contribution in [0.4, 0.5) is 0 Å². The summed E-state index contributed by atoms with van der Waals surface area (Å²) in [6, 6.07) is 0.157. The quantitative estimate of drug-likeness (QED) is 0.908. The fourth-order valence-electron chi connectivity index (χ4n) is 3.70. The fourth-order valence-corrected chi connectivity index (χ4v) is 3.70. The molecule has 1 atom stereocenters. The molecule has 1 amide bonds. The number of ether oxygens (including phenoxy) is 1. The van der Waals surface area contributed by atoms with Gasteiger partial charge in [-0.1, -0.05) is 0 Å². The molecule has 6 heteroatoms. The third kappa shape index (κ3) is 3.75. The van der Waals surface area contributed by atoms with Crippen LogP contribution in [0.3, 0.4) is 0 Å². The Bertz CT molecular complexity index is 549. The summed E-state index contributed by atoms with van der Waals surface area (Å²) in [6.07, 6.45) is 4.07. The smallest absolute Gasteiger partial charge is 0.230 e. The molecule has 0 spiro atoms. The van der Waals surface area contributed by atoms with Gasteiger partial charge in [0.05, 0.1) is 23.6 Å². The second-order valence-corrected chi connectivity index (χ2v) is 7.15. The number of imidazole rings is 1. The highest BCUT2D eigenvalue weighted by Crippen LogP contribution is 2.29. The summed E-state index contributed by atoms with van der Waals surface area (Å²) in [5.74, 6) is 0.651. The van der Waals surface area contributed by atoms with Crippen LogP contribution in [0.1, 0.15) is 44.0 Å². The van der Waals surface area contributed by atoms with E-state index in [9.17, 15) is 4.79 Å². The number of hydrogen-bond acceptors (Lipinski definition) is 4. The Balaban J connectivity index is 1.74. The first-order chi connectivity index (χ1) is 11.0. The van der Waals surface area contributed by atoms with Crippen LogP contribution < -0.4 is 5.32 Å². The van der Waals surface area contributed by atoms with Crippen molar-refractivity contribution in [3.8, 4) is 0 Å². The Morgan fingerprint density at radius 2 is 2.17 bits per heavy atom. The molecule has 3 rings (SSSR count). The van der Waals surface area contributed by atoms with Crippen molar-refractivity contribution in [2.75, 3.05) is 26.3 Å². The molecule has 1 aromatic heterocycles. The first kappa shape index (κ1) is 16.5. The Kier molecular flexibility index (Phi) is 5.02. The number of aromatic nitrogens is 2. The van der Waals surface area contributed by atoms with Crippen LogP contribution in [0.2, 0.25) is 0 Å². The zero-order valence-electron chi connectivity index (χ0n) is 14.4. The summed E-state index contributed by atoms with van der Waals surface area (Å²) in [7, 11) is 1.98. The molecule has 0 aliphatic carbocycles. The van der Waals surface area contributed by atoms with E-state index in [4.69, 9.17) is 4.74 Å². The van der Waals surface area contributed by atoms with Crippen molar-refractivity contribution in [2.24, 2.45) is 13.0 Å². The maximum atomic E-state index is 12.7. The number of nitrogens with one attached hydrogen (secondary N) is 1. The first-order valence-electron chi connectivity index (χ1n) is 8.65. The van der Waals surface area contributed by atoms with E-state index in [1.165, 1.54) is 0 Å². The van der Waals surface area contributed by atoms with Crippen LogP contribution in [-0.4, -0.2) is 52.7 Å². The summed E-state index contributed by atoms with van der Waals surface area (Å²) in [5, 5.41) is 3.07. The van der Waals surface area contributed by atoms with Gasteiger partial charge in [0.25, 0.3) is 0 Å². The molecule has 0 saturated carbocycles. The Morgan fingerprint density at radius 1 is 1.43 bits per heavy atom. The van der Waals surface area contributed by atoms with Crippen molar-refractivity contribution >= 4 is 5.91 Å². The summed E-state index contributed by atoms with van der Waals surface area (Å²) in [5.41, 5.74) is 2.13. The van der Waals surface area contributed by atoms with E-state index in [0.717, 1.165) is 57.1 Å². The van der Waals surface area contributed by atoms with Crippen LogP contribution in [0.25, 0.3) is 0 Å². The summed E-state index contributed by atoms with van der Waals surface area (Å²) < 4.78 is 7.46. The van der Waals surface area contributed by atoms with Crippen molar-refractivity contribution in [1.29, 1.82) is 0 Å². The highest BCUT2D eigenvalue weighted by molar-refractivity contribution is 5.84. The third-order valence-electron chi connectivity index (χ3n) is 4.81. The van der Waals surface area contributed by atoms with Crippen LogP contribution in [-0.2, 0) is 23.1 Å². The van der Waals surface area contributed by atoms with E-state index in [-0.39, 0.29) is 17.9 Å². The van der Waals surface area contributed by atoms with Crippen molar-refractivity contribution in [2.45, 2.75) is 45.2 Å². The van der Waals surface area contributed by atoms with Gasteiger partial charge in [-0.2, -0.15) is 0 Å². The lowest BCUT2D eigenvalue weighted by Gasteiger charge is -2.35. The van der Waals surface area contributed by atoms with Gasteiger partial charge in [0.1, 0.15) is 0 Å². The summed E-state index contributed by atoms with van der Waals surface area (Å²) in [6.45, 7) is 8.40. The highest BCUT2D eigenvalue weighted by atomic mass is 16.5. The maximum Gasteiger partial charge on any atom is 0.230 e. The Labute approximate surface area is 138 Å². The molecule has 0 unspecified atom stereocenters. The fraction of sp³-hybridized carbons (Fsp3) is 0.765. The van der Waals surface area contributed by atoms with Gasteiger partial charge >= 0.3 is 0 Å². The topological polar surface area (TPSA) is 59.4 Å². The number of rotatable bonds is 4. The van der Waals surface area contributed by atoms with Gasteiger partial charge in [-0.15, -0.1) is 0 Å². The van der Waals surface area contributed by atoms with Crippen molar-refractivity contribution in [1.82, 2.24) is 19.8 Å². The molecule has 0 aromatic carbocycles. The van der Waals surface area contributed by atoms with Crippen LogP contribution in [0.15, 0.2) is 6.33 Å². The maximum absolute atomic E-state index is 12.7. The van der Waals surface area contributed by atoms with Gasteiger partial charge in [0, 0.05) is 45.9 Å². The number of carbonyl (C=O) groups is 1. The van der Waals surface area contributed by atoms with Crippen LogP contribution in [0.5, 0.6) is 0 Å². The average molecular weight is 320 g/mol. The minimum Gasteiger partial charge on any atom is -0.381 e. The molecular formula is C17H28N4O2. The molecule has 0 radical (unpaired) electrons. The van der Waals surface area contributed by atoms with E-state index in [1.807, 2.05) is 31.8 Å². The SMILES string of the molecule is CC(C)NC(=O)[C@H]1CN(CC2CCOCC2)Cc2ncn(C)c21. The minimum absolute atomic E-state index is 0.113. The standard InChI is InChI=1S/C17H28N4O2/c1-12(2)19-17(22)14-9-21(8-13-4-6-23-7-5-13)10-15-16(14)20(3)11-18-15/h11-14H,4-10H2,1-3H3,(H,19,22)/t14-/m0/s1. The average Bonchev–Trinajstić information content (AvgIpc) is 2.88. The van der Waals surface area contributed by atoms with Crippen LogP contribution in [0, 0.1) is 5.92 Å². The third-order valence-corrected chi connectivity index (χ3v) is 4.81. The Morgan fingerprint density at radius 3 is 2.87 bits per heavy atom. The molecule has 3 heterocycles. The van der Waals surface area contributed by atoms with Crippen molar-refractivity contribution in [3.63, 3.8) is 0 Å². The molecule has 23 heavy (non-hydrogen) atoms. The van der Waals surface area contributed by atoms with Gasteiger partial charge in [-0.05, 0) is 32.6 Å². The van der Waals surface area contributed by atoms with E-state index >= 15 is 0 Å². The minimum atomic E-state index is -0.131. The number of aryl methyl sites for hydroxylation is 1. The lowest BCUT2D eigenvalue weighted by atomic mass is 9.94. The molecule has 1 N–H and O–H groups in total. The van der Waals surface area contributed by atoms with E-state index < -0.39 is 0 Å². The summed E-state index contributed by atoms with van der Waals surface area (Å²) in [4.78, 5) is 19.6. The highest BCUT2D eigenvalue weighted by Gasteiger charge is 2.34. The molecule has 0 bridgehead atoms. The normalized spacial score (nSPS) is 23.0. The zero-order chi connectivity index (χ0) is 16.4. The molecule has 6 nitrogen and oxygen atoms in total. The van der Waals surface area contributed by atoms with E-state index in [0.29, 0.717) is 5.92 Å². The van der Waals surface area contributed by atoms with E-state index in [1.54, 1.807) is 0 Å². The second kappa shape index (κ2) is 7.01. The molecule has 1 aromatic rings. The molecule has 2 aliphatic rings. The van der Waals surface area contributed by atoms with Gasteiger partial charge in [0.15, 0.2) is 0 Å². The molecule has 1 saturated heterocycles. The van der Waals surface area contributed by atoms with Crippen molar-refractivity contribution < 1.29 is 9.53 Å². The molecule has 2 aliphatic heterocycles. The number of carbonyl (C=O) groups excluding carboxylic acids is 1. The second-order valence-electron chi connectivity index (χ2n) is 7.15. The van der Waals surface area contributed by atoms with Gasteiger partial charge in [0.2, 0.25) is 5.91 Å². The van der Waals surface area contributed by atoms with Gasteiger partial charge < -0.3 is 14.6 Å². The predicted octanol–water partition coefficient (Wildman–Crippen LogP) is 1.27. The summed E-state index contributed by atoms with van der Waals surface area (Å²) >= 11 is 0. The predicted molar refractivity (Wildman–Crippen MR) is 88.0 cm³/mol.